The Morgan fingerprint density at radius 1 is 1.30 bits per heavy atom. The molecule has 0 fully saturated rings. The first-order chi connectivity index (χ1) is 12.9. The van der Waals surface area contributed by atoms with Crippen LogP contribution in [0.2, 0.25) is 0 Å². The SMILES string of the molecule is COc1ccc(-c2cnc(NC(=O)c3cc(C)n(C)c3C)[nH]2)cc1.O=CO. The molecule has 0 spiro atoms. The summed E-state index contributed by atoms with van der Waals surface area (Å²) in [5.41, 5.74) is 4.41. The molecule has 0 aliphatic heterocycles. The molecule has 0 aliphatic rings. The van der Waals surface area contributed by atoms with Crippen molar-refractivity contribution in [1.29, 1.82) is 0 Å². The summed E-state index contributed by atoms with van der Waals surface area (Å²) >= 11 is 0. The molecule has 2 aromatic heterocycles. The lowest BCUT2D eigenvalue weighted by Crippen LogP contribution is -2.13. The van der Waals surface area contributed by atoms with Crippen LogP contribution in [0.15, 0.2) is 36.5 Å². The maximum absolute atomic E-state index is 12.4. The number of hydrogen-bond acceptors (Lipinski definition) is 4. The van der Waals surface area contributed by atoms with Crippen LogP contribution in [0.5, 0.6) is 5.75 Å². The van der Waals surface area contributed by atoms with Crippen molar-refractivity contribution in [2.24, 2.45) is 7.05 Å². The van der Waals surface area contributed by atoms with E-state index >= 15 is 0 Å². The molecule has 27 heavy (non-hydrogen) atoms. The zero-order chi connectivity index (χ0) is 20.0. The van der Waals surface area contributed by atoms with Crippen LogP contribution in [0.3, 0.4) is 0 Å². The number of carbonyl (C=O) groups is 2. The van der Waals surface area contributed by atoms with Crippen LogP contribution in [0.1, 0.15) is 21.7 Å². The smallest absolute Gasteiger partial charge is 0.290 e. The van der Waals surface area contributed by atoms with Crippen LogP contribution in [0.25, 0.3) is 11.3 Å². The van der Waals surface area contributed by atoms with Crippen molar-refractivity contribution in [2.45, 2.75) is 13.8 Å². The first-order valence-corrected chi connectivity index (χ1v) is 8.12. The molecule has 0 unspecified atom stereocenters. The number of H-pyrrole nitrogens is 1. The number of benzene rings is 1. The van der Waals surface area contributed by atoms with Gasteiger partial charge < -0.3 is 19.4 Å². The number of nitrogens with zero attached hydrogens (tertiary/aromatic N) is 2. The Labute approximate surface area is 156 Å². The highest BCUT2D eigenvalue weighted by Crippen LogP contribution is 2.22. The minimum absolute atomic E-state index is 0.174. The van der Waals surface area contributed by atoms with Gasteiger partial charge in [0.2, 0.25) is 5.95 Å². The molecule has 8 heteroatoms. The van der Waals surface area contributed by atoms with E-state index < -0.39 is 0 Å². The van der Waals surface area contributed by atoms with E-state index in [4.69, 9.17) is 14.6 Å². The predicted molar refractivity (Wildman–Crippen MR) is 102 cm³/mol. The molecule has 1 amide bonds. The fourth-order valence-corrected chi connectivity index (χ4v) is 2.56. The number of aromatic amines is 1. The van der Waals surface area contributed by atoms with Gasteiger partial charge in [-0.2, -0.15) is 0 Å². The van der Waals surface area contributed by atoms with E-state index in [1.807, 2.05) is 55.8 Å². The molecule has 0 bridgehead atoms. The van der Waals surface area contributed by atoms with Crippen molar-refractivity contribution in [1.82, 2.24) is 14.5 Å². The molecule has 3 N–H and O–H groups in total. The van der Waals surface area contributed by atoms with Gasteiger partial charge in [-0.15, -0.1) is 0 Å². The first kappa shape index (κ1) is 19.8. The van der Waals surface area contributed by atoms with Gasteiger partial charge in [0.25, 0.3) is 12.4 Å². The standard InChI is InChI=1S/C18H20N4O2.CH2O2/c1-11-9-15(12(2)22(11)3)17(23)21-18-19-10-16(20-18)13-5-7-14(24-4)8-6-13;2-1-3/h5-10H,1-4H3,(H2,19,20,21,23);1H,(H,2,3). The number of aromatic nitrogens is 3. The number of nitrogens with one attached hydrogen (secondary N) is 2. The average Bonchev–Trinajstić information content (AvgIpc) is 3.23. The number of amides is 1. The number of aryl methyl sites for hydroxylation is 1. The molecule has 1 aromatic carbocycles. The van der Waals surface area contributed by atoms with E-state index in [-0.39, 0.29) is 12.4 Å². The highest BCUT2D eigenvalue weighted by Gasteiger charge is 2.15. The van der Waals surface area contributed by atoms with Crippen LogP contribution in [0.4, 0.5) is 5.95 Å². The second-order valence-corrected chi connectivity index (χ2v) is 5.78. The van der Waals surface area contributed by atoms with Gasteiger partial charge >= 0.3 is 0 Å². The second kappa shape index (κ2) is 8.70. The summed E-state index contributed by atoms with van der Waals surface area (Å²) in [6.07, 6.45) is 1.69. The number of hydrogen-bond donors (Lipinski definition) is 3. The van der Waals surface area contributed by atoms with Crippen LogP contribution < -0.4 is 10.1 Å². The minimum atomic E-state index is -0.250. The van der Waals surface area contributed by atoms with Gasteiger partial charge in [0.05, 0.1) is 24.6 Å². The maximum Gasteiger partial charge on any atom is 0.290 e. The fourth-order valence-electron chi connectivity index (χ4n) is 2.56. The van der Waals surface area contributed by atoms with Crippen molar-refractivity contribution in [2.75, 3.05) is 12.4 Å². The van der Waals surface area contributed by atoms with Crippen molar-refractivity contribution in [3.63, 3.8) is 0 Å². The third-order valence-corrected chi connectivity index (χ3v) is 4.23. The topological polar surface area (TPSA) is 109 Å². The van der Waals surface area contributed by atoms with Crippen LogP contribution in [-0.4, -0.2) is 39.1 Å². The fraction of sp³-hybridized carbons (Fsp3) is 0.211. The number of carbonyl (C=O) groups excluding carboxylic acids is 1. The largest absolute Gasteiger partial charge is 0.497 e. The van der Waals surface area contributed by atoms with Crippen molar-refractivity contribution >= 4 is 18.3 Å². The maximum atomic E-state index is 12.4. The van der Waals surface area contributed by atoms with Crippen molar-refractivity contribution in [3.05, 3.63) is 53.5 Å². The molecule has 0 saturated heterocycles. The Morgan fingerprint density at radius 3 is 2.44 bits per heavy atom. The van der Waals surface area contributed by atoms with Crippen molar-refractivity contribution in [3.8, 4) is 17.0 Å². The summed E-state index contributed by atoms with van der Waals surface area (Å²) in [6, 6.07) is 9.50. The van der Waals surface area contributed by atoms with Crippen LogP contribution >= 0.6 is 0 Å². The number of methoxy groups -OCH3 is 1. The molecule has 3 aromatic rings. The Kier molecular flexibility index (Phi) is 6.37. The molecule has 0 radical (unpaired) electrons. The zero-order valence-electron chi connectivity index (χ0n) is 15.6. The molecule has 0 aliphatic carbocycles. The molecule has 3 rings (SSSR count). The van der Waals surface area contributed by atoms with E-state index in [9.17, 15) is 4.79 Å². The molecule has 8 nitrogen and oxygen atoms in total. The molecule has 2 heterocycles. The highest BCUT2D eigenvalue weighted by molar-refractivity contribution is 6.04. The third-order valence-electron chi connectivity index (χ3n) is 4.23. The Bertz CT molecular complexity index is 926. The minimum Gasteiger partial charge on any atom is -0.497 e. The molecule has 0 atom stereocenters. The van der Waals surface area contributed by atoms with E-state index in [1.165, 1.54) is 0 Å². The van der Waals surface area contributed by atoms with E-state index in [0.717, 1.165) is 28.4 Å². The van der Waals surface area contributed by atoms with Crippen LogP contribution in [-0.2, 0) is 11.8 Å². The number of imidazole rings is 1. The number of rotatable bonds is 4. The van der Waals surface area contributed by atoms with Gasteiger partial charge in [-0.25, -0.2) is 4.98 Å². The number of carboxylic acid groups (broad SMARTS) is 1. The van der Waals surface area contributed by atoms with Crippen LogP contribution in [0, 0.1) is 13.8 Å². The lowest BCUT2D eigenvalue weighted by Gasteiger charge is -2.03. The first-order valence-electron chi connectivity index (χ1n) is 8.12. The Balaban J connectivity index is 0.000000817. The quantitative estimate of drug-likeness (QED) is 0.612. The summed E-state index contributed by atoms with van der Waals surface area (Å²) in [5, 5.41) is 9.70. The summed E-state index contributed by atoms with van der Waals surface area (Å²) in [7, 11) is 3.57. The van der Waals surface area contributed by atoms with Crippen molar-refractivity contribution < 1.29 is 19.4 Å². The van der Waals surface area contributed by atoms with Gasteiger partial charge in [0, 0.05) is 18.4 Å². The van der Waals surface area contributed by atoms with Gasteiger partial charge in [-0.1, -0.05) is 0 Å². The number of ether oxygens (including phenoxy) is 1. The average molecular weight is 370 g/mol. The lowest BCUT2D eigenvalue weighted by atomic mass is 10.2. The van der Waals surface area contributed by atoms with E-state index in [0.29, 0.717) is 11.5 Å². The van der Waals surface area contributed by atoms with E-state index in [2.05, 4.69) is 15.3 Å². The Hall–Kier alpha value is -3.55. The molecule has 142 valence electrons. The van der Waals surface area contributed by atoms with Gasteiger partial charge in [0.15, 0.2) is 0 Å². The van der Waals surface area contributed by atoms with E-state index in [1.54, 1.807) is 13.3 Å². The molecule has 0 saturated carbocycles. The third kappa shape index (κ3) is 4.55. The zero-order valence-corrected chi connectivity index (χ0v) is 15.6. The monoisotopic (exact) mass is 370 g/mol. The normalized spacial score (nSPS) is 9.93. The van der Waals surface area contributed by atoms with Gasteiger partial charge in [0.1, 0.15) is 5.75 Å². The summed E-state index contributed by atoms with van der Waals surface area (Å²) < 4.78 is 7.14. The van der Waals surface area contributed by atoms with Gasteiger partial charge in [-0.3, -0.25) is 14.9 Å². The summed E-state index contributed by atoms with van der Waals surface area (Å²) in [5.74, 6) is 1.04. The predicted octanol–water partition coefficient (Wildman–Crippen LogP) is 2.99. The van der Waals surface area contributed by atoms with Gasteiger partial charge in [-0.05, 0) is 49.7 Å². The molecular formula is C19H22N4O4. The molecular weight excluding hydrogens is 348 g/mol. The lowest BCUT2D eigenvalue weighted by molar-refractivity contribution is -0.122. The summed E-state index contributed by atoms with van der Waals surface area (Å²) in [4.78, 5) is 28.1. The second-order valence-electron chi connectivity index (χ2n) is 5.78. The summed E-state index contributed by atoms with van der Waals surface area (Å²) in [6.45, 7) is 3.64. The Morgan fingerprint density at radius 2 is 1.93 bits per heavy atom. The highest BCUT2D eigenvalue weighted by atomic mass is 16.5. The number of anilines is 1.